The lowest BCUT2D eigenvalue weighted by atomic mass is 10.1. The van der Waals surface area contributed by atoms with Crippen LogP contribution in [0, 0.1) is 0 Å². The number of benzene rings is 1. The summed E-state index contributed by atoms with van der Waals surface area (Å²) in [6, 6.07) is 3.37. The summed E-state index contributed by atoms with van der Waals surface area (Å²) in [5.41, 5.74) is 1.03. The van der Waals surface area contributed by atoms with Crippen LogP contribution in [0.4, 0.5) is 5.69 Å². The Morgan fingerprint density at radius 1 is 1.29 bits per heavy atom. The molecule has 2 heterocycles. The number of rotatable bonds is 3. The Morgan fingerprint density at radius 2 is 2.00 bits per heavy atom. The number of nitrogens with zero attached hydrogens (tertiary/aromatic N) is 2. The van der Waals surface area contributed by atoms with Crippen LogP contribution in [0.3, 0.4) is 0 Å². The summed E-state index contributed by atoms with van der Waals surface area (Å²) in [6.45, 7) is 3.21. The molecule has 2 aliphatic heterocycles. The average molecular weight is 355 g/mol. The lowest BCUT2D eigenvalue weighted by Crippen LogP contribution is -2.45. The number of ether oxygens (including phenoxy) is 2. The Bertz CT molecular complexity index is 599. The van der Waals surface area contributed by atoms with Gasteiger partial charge in [0, 0.05) is 13.1 Å². The zero-order chi connectivity index (χ0) is 15.0. The van der Waals surface area contributed by atoms with E-state index in [4.69, 9.17) is 9.47 Å². The molecule has 0 radical (unpaired) electrons. The highest BCUT2D eigenvalue weighted by molar-refractivity contribution is 9.10. The minimum atomic E-state index is -0.489. The van der Waals surface area contributed by atoms with Crippen molar-refractivity contribution in [1.82, 2.24) is 4.90 Å². The maximum Gasteiger partial charge on any atom is 0.300 e. The fourth-order valence-electron chi connectivity index (χ4n) is 2.53. The van der Waals surface area contributed by atoms with Crippen molar-refractivity contribution >= 4 is 33.3 Å². The van der Waals surface area contributed by atoms with Crippen molar-refractivity contribution in [3.05, 3.63) is 22.2 Å². The van der Waals surface area contributed by atoms with Gasteiger partial charge in [0.25, 0.3) is 5.78 Å². The van der Waals surface area contributed by atoms with Crippen LogP contribution in [-0.2, 0) is 9.53 Å². The predicted octanol–water partition coefficient (Wildman–Crippen LogP) is 1.28. The number of morpholine rings is 1. The van der Waals surface area contributed by atoms with Crippen molar-refractivity contribution in [3.8, 4) is 5.75 Å². The summed E-state index contributed by atoms with van der Waals surface area (Å²) in [7, 11) is 1.53. The van der Waals surface area contributed by atoms with Gasteiger partial charge in [0.1, 0.15) is 5.75 Å². The Balaban J connectivity index is 1.91. The first-order valence-corrected chi connectivity index (χ1v) is 7.45. The van der Waals surface area contributed by atoms with Gasteiger partial charge in [-0.25, -0.2) is 0 Å². The molecule has 6 nitrogen and oxygen atoms in total. The van der Waals surface area contributed by atoms with Gasteiger partial charge in [0.15, 0.2) is 0 Å². The van der Waals surface area contributed by atoms with Gasteiger partial charge in [-0.05, 0) is 28.1 Å². The third-order valence-electron chi connectivity index (χ3n) is 3.69. The third-order valence-corrected chi connectivity index (χ3v) is 4.31. The normalized spacial score (nSPS) is 19.0. The first kappa shape index (κ1) is 14.5. The van der Waals surface area contributed by atoms with Crippen LogP contribution >= 0.6 is 15.9 Å². The molecule has 2 aliphatic rings. The zero-order valence-electron chi connectivity index (χ0n) is 11.6. The minimum absolute atomic E-state index is 0.397. The highest BCUT2D eigenvalue weighted by Crippen LogP contribution is 2.37. The molecule has 1 aromatic carbocycles. The Labute approximate surface area is 130 Å². The SMILES string of the molecule is COc1cc2c(cc1Br)N(CN1CCOCC1)C(=O)C2=O. The van der Waals surface area contributed by atoms with E-state index in [1.807, 2.05) is 0 Å². The van der Waals surface area contributed by atoms with E-state index >= 15 is 0 Å². The van der Waals surface area contributed by atoms with Gasteiger partial charge in [-0.3, -0.25) is 19.4 Å². The van der Waals surface area contributed by atoms with Crippen molar-refractivity contribution in [2.75, 3.05) is 45.0 Å². The van der Waals surface area contributed by atoms with Gasteiger partial charge >= 0.3 is 5.91 Å². The molecule has 21 heavy (non-hydrogen) atoms. The van der Waals surface area contributed by atoms with Gasteiger partial charge in [-0.1, -0.05) is 0 Å². The summed E-state index contributed by atoms with van der Waals surface area (Å²) in [5.74, 6) is -0.427. The molecule has 1 amide bonds. The summed E-state index contributed by atoms with van der Waals surface area (Å²) in [5, 5.41) is 0. The molecule has 1 aromatic rings. The second kappa shape index (κ2) is 5.75. The van der Waals surface area contributed by atoms with Crippen LogP contribution in [0.15, 0.2) is 16.6 Å². The molecular formula is C14H15BrN2O4. The quantitative estimate of drug-likeness (QED) is 0.765. The highest BCUT2D eigenvalue weighted by atomic mass is 79.9. The molecule has 112 valence electrons. The maximum atomic E-state index is 12.2. The number of methoxy groups -OCH3 is 1. The van der Waals surface area contributed by atoms with E-state index in [9.17, 15) is 9.59 Å². The molecule has 0 saturated carbocycles. The van der Waals surface area contributed by atoms with Gasteiger partial charge < -0.3 is 9.47 Å². The summed E-state index contributed by atoms with van der Waals surface area (Å²) >= 11 is 3.39. The number of hydrogen-bond donors (Lipinski definition) is 0. The van der Waals surface area contributed by atoms with Crippen LogP contribution in [0.25, 0.3) is 0 Å². The fraction of sp³-hybridized carbons (Fsp3) is 0.429. The van der Waals surface area contributed by atoms with Crippen LogP contribution < -0.4 is 9.64 Å². The minimum Gasteiger partial charge on any atom is -0.496 e. The van der Waals surface area contributed by atoms with E-state index in [2.05, 4.69) is 20.8 Å². The largest absolute Gasteiger partial charge is 0.496 e. The lowest BCUT2D eigenvalue weighted by Gasteiger charge is -2.30. The molecule has 3 rings (SSSR count). The first-order valence-electron chi connectivity index (χ1n) is 6.65. The van der Waals surface area contributed by atoms with E-state index in [0.717, 1.165) is 17.6 Å². The number of carbonyl (C=O) groups is 2. The smallest absolute Gasteiger partial charge is 0.300 e. The van der Waals surface area contributed by atoms with E-state index in [-0.39, 0.29) is 0 Å². The zero-order valence-corrected chi connectivity index (χ0v) is 13.2. The second-order valence-corrected chi connectivity index (χ2v) is 5.79. The van der Waals surface area contributed by atoms with Crippen molar-refractivity contribution in [2.45, 2.75) is 0 Å². The number of ketones is 1. The van der Waals surface area contributed by atoms with Crippen LogP contribution in [0.5, 0.6) is 5.75 Å². The monoisotopic (exact) mass is 354 g/mol. The second-order valence-electron chi connectivity index (χ2n) is 4.94. The topological polar surface area (TPSA) is 59.1 Å². The Hall–Kier alpha value is -1.44. The van der Waals surface area contributed by atoms with Gasteiger partial charge in [-0.15, -0.1) is 0 Å². The van der Waals surface area contributed by atoms with Crippen LogP contribution in [0.2, 0.25) is 0 Å². The standard InChI is InChI=1S/C14H15BrN2O4/c1-20-12-6-9-11(7-10(12)15)17(14(19)13(9)18)8-16-2-4-21-5-3-16/h6-7H,2-5,8H2,1H3. The third kappa shape index (κ3) is 2.56. The Kier molecular flexibility index (Phi) is 3.97. The molecular weight excluding hydrogens is 340 g/mol. The number of hydrogen-bond acceptors (Lipinski definition) is 5. The molecule has 0 bridgehead atoms. The van der Waals surface area contributed by atoms with E-state index in [1.54, 1.807) is 12.1 Å². The Morgan fingerprint density at radius 3 is 2.67 bits per heavy atom. The molecule has 7 heteroatoms. The van der Waals surface area contributed by atoms with Crippen LogP contribution in [0.1, 0.15) is 10.4 Å². The van der Waals surface area contributed by atoms with Crippen molar-refractivity contribution in [2.24, 2.45) is 0 Å². The summed E-state index contributed by atoms with van der Waals surface area (Å²) < 4.78 is 11.2. The van der Waals surface area contributed by atoms with E-state index in [1.165, 1.54) is 12.0 Å². The molecule has 0 aliphatic carbocycles. The lowest BCUT2D eigenvalue weighted by molar-refractivity contribution is -0.114. The molecule has 0 spiro atoms. The molecule has 0 atom stereocenters. The predicted molar refractivity (Wildman–Crippen MR) is 79.8 cm³/mol. The number of amides is 1. The molecule has 0 N–H and O–H groups in total. The average Bonchev–Trinajstić information content (AvgIpc) is 2.72. The number of carbonyl (C=O) groups excluding carboxylic acids is 2. The van der Waals surface area contributed by atoms with E-state index in [0.29, 0.717) is 36.9 Å². The molecule has 1 saturated heterocycles. The molecule has 0 unspecified atom stereocenters. The molecule has 0 aromatic heterocycles. The van der Waals surface area contributed by atoms with Gasteiger partial charge in [0.2, 0.25) is 0 Å². The number of fused-ring (bicyclic) bond motifs is 1. The van der Waals surface area contributed by atoms with Crippen molar-refractivity contribution in [3.63, 3.8) is 0 Å². The van der Waals surface area contributed by atoms with Crippen molar-refractivity contribution in [1.29, 1.82) is 0 Å². The number of Topliss-reactive ketones (excluding diaryl/α,β-unsaturated/α-hetero) is 1. The summed E-state index contributed by atoms with van der Waals surface area (Å²) in [4.78, 5) is 28.0. The fourth-order valence-corrected chi connectivity index (χ4v) is 3.03. The number of anilines is 1. The van der Waals surface area contributed by atoms with Gasteiger partial charge in [-0.2, -0.15) is 0 Å². The molecule has 1 fully saturated rings. The van der Waals surface area contributed by atoms with Gasteiger partial charge in [0.05, 0.1) is 42.7 Å². The number of halogens is 1. The van der Waals surface area contributed by atoms with E-state index < -0.39 is 11.7 Å². The first-order chi connectivity index (χ1) is 10.1. The van der Waals surface area contributed by atoms with Crippen molar-refractivity contribution < 1.29 is 19.1 Å². The highest BCUT2D eigenvalue weighted by Gasteiger charge is 2.37. The maximum absolute atomic E-state index is 12.2. The summed E-state index contributed by atoms with van der Waals surface area (Å²) in [6.07, 6.45) is 0. The van der Waals surface area contributed by atoms with Crippen LogP contribution in [-0.4, -0.2) is 56.7 Å².